The van der Waals surface area contributed by atoms with Gasteiger partial charge >= 0.3 is 0 Å². The first-order chi connectivity index (χ1) is 12.5. The number of likely N-dealkylation sites (tertiary alicyclic amines) is 1. The van der Waals surface area contributed by atoms with Gasteiger partial charge in [0.1, 0.15) is 0 Å². The molecule has 2 heterocycles. The zero-order chi connectivity index (χ0) is 18.5. The van der Waals surface area contributed by atoms with Gasteiger partial charge in [0.25, 0.3) is 0 Å². The summed E-state index contributed by atoms with van der Waals surface area (Å²) in [5.74, 6) is 0.355. The van der Waals surface area contributed by atoms with Crippen LogP contribution in [-0.4, -0.2) is 48.9 Å². The molecule has 1 aromatic carbocycles. The van der Waals surface area contributed by atoms with E-state index >= 15 is 0 Å². The van der Waals surface area contributed by atoms with Crippen molar-refractivity contribution in [3.63, 3.8) is 0 Å². The zero-order valence-electron chi connectivity index (χ0n) is 15.7. The monoisotopic (exact) mass is 413 g/mol. The van der Waals surface area contributed by atoms with Gasteiger partial charge in [-0.15, -0.1) is 12.4 Å². The lowest BCUT2D eigenvalue weighted by Crippen LogP contribution is -2.47. The van der Waals surface area contributed by atoms with Gasteiger partial charge < -0.3 is 15.5 Å². The van der Waals surface area contributed by atoms with E-state index in [4.69, 9.17) is 11.6 Å². The Morgan fingerprint density at radius 1 is 1.33 bits per heavy atom. The summed E-state index contributed by atoms with van der Waals surface area (Å²) in [5, 5.41) is 6.94. The number of nitrogens with one attached hydrogen (secondary N) is 2. The third-order valence-corrected chi connectivity index (χ3v) is 5.73. The van der Waals surface area contributed by atoms with Gasteiger partial charge in [-0.05, 0) is 62.8 Å². The third kappa shape index (κ3) is 5.84. The zero-order valence-corrected chi connectivity index (χ0v) is 17.3. The van der Waals surface area contributed by atoms with Crippen molar-refractivity contribution in [2.75, 3.05) is 26.2 Å². The molecule has 2 aliphatic heterocycles. The molecule has 2 saturated heterocycles. The number of nitrogens with zero attached hydrogens (tertiary/aromatic N) is 1. The molecule has 1 aromatic rings. The first-order valence-electron chi connectivity index (χ1n) is 9.60. The molecule has 2 aliphatic rings. The summed E-state index contributed by atoms with van der Waals surface area (Å²) in [5.41, 5.74) is 0.949. The maximum absolute atomic E-state index is 12.9. The van der Waals surface area contributed by atoms with Crippen molar-refractivity contribution in [3.05, 3.63) is 34.9 Å². The number of carbonyl (C=O) groups excluding carboxylic acids is 2. The first kappa shape index (κ1) is 22.0. The highest BCUT2D eigenvalue weighted by Crippen LogP contribution is 2.24. The van der Waals surface area contributed by atoms with Crippen molar-refractivity contribution in [1.29, 1.82) is 0 Å². The van der Waals surface area contributed by atoms with Crippen molar-refractivity contribution in [2.24, 2.45) is 5.92 Å². The summed E-state index contributed by atoms with van der Waals surface area (Å²) in [6.45, 7) is 5.00. The second kappa shape index (κ2) is 10.3. The number of hydrogen-bond acceptors (Lipinski definition) is 3. The fourth-order valence-corrected chi connectivity index (χ4v) is 4.10. The molecule has 0 bridgehead atoms. The van der Waals surface area contributed by atoms with E-state index < -0.39 is 0 Å². The van der Waals surface area contributed by atoms with Crippen molar-refractivity contribution in [2.45, 2.75) is 44.6 Å². The maximum Gasteiger partial charge on any atom is 0.237 e. The Hall–Kier alpha value is -1.30. The van der Waals surface area contributed by atoms with E-state index in [2.05, 4.69) is 10.6 Å². The van der Waals surface area contributed by atoms with Crippen LogP contribution in [0.5, 0.6) is 0 Å². The first-order valence-corrected chi connectivity index (χ1v) is 9.97. The van der Waals surface area contributed by atoms with Gasteiger partial charge in [0.2, 0.25) is 11.8 Å². The Labute approximate surface area is 172 Å². The predicted molar refractivity (Wildman–Crippen MR) is 110 cm³/mol. The molecule has 3 atom stereocenters. The van der Waals surface area contributed by atoms with Gasteiger partial charge in [0.05, 0.1) is 12.0 Å². The van der Waals surface area contributed by atoms with E-state index in [9.17, 15) is 9.59 Å². The summed E-state index contributed by atoms with van der Waals surface area (Å²) in [6, 6.07) is 7.47. The number of rotatable bonds is 5. The fourth-order valence-electron chi connectivity index (χ4n) is 3.90. The average molecular weight is 414 g/mol. The maximum atomic E-state index is 12.9. The molecule has 0 saturated carbocycles. The predicted octanol–water partition coefficient (Wildman–Crippen LogP) is 2.97. The molecule has 0 spiro atoms. The summed E-state index contributed by atoms with van der Waals surface area (Å²) < 4.78 is 0. The highest BCUT2D eigenvalue weighted by Gasteiger charge is 2.29. The quantitative estimate of drug-likeness (QED) is 0.779. The normalized spacial score (nSPS) is 23.4. The highest BCUT2D eigenvalue weighted by molar-refractivity contribution is 6.30. The third-order valence-electron chi connectivity index (χ3n) is 5.49. The van der Waals surface area contributed by atoms with Crippen LogP contribution in [0.1, 0.15) is 44.1 Å². The largest absolute Gasteiger partial charge is 0.354 e. The van der Waals surface area contributed by atoms with Gasteiger partial charge in [-0.25, -0.2) is 0 Å². The topological polar surface area (TPSA) is 61.4 Å². The molecule has 2 fully saturated rings. The van der Waals surface area contributed by atoms with Gasteiger partial charge in [-0.1, -0.05) is 23.7 Å². The molecule has 0 aromatic heterocycles. The lowest BCUT2D eigenvalue weighted by molar-refractivity contribution is -0.134. The Morgan fingerprint density at radius 3 is 2.85 bits per heavy atom. The van der Waals surface area contributed by atoms with Crippen molar-refractivity contribution in [3.8, 4) is 0 Å². The Kier molecular flexibility index (Phi) is 8.39. The second-order valence-corrected chi connectivity index (χ2v) is 7.90. The number of hydrogen-bond donors (Lipinski definition) is 2. The van der Waals surface area contributed by atoms with Crippen LogP contribution in [0, 0.1) is 5.92 Å². The van der Waals surface area contributed by atoms with Crippen molar-refractivity contribution in [1.82, 2.24) is 15.5 Å². The van der Waals surface area contributed by atoms with Crippen LogP contribution in [-0.2, 0) is 9.59 Å². The van der Waals surface area contributed by atoms with Gasteiger partial charge in [-0.3, -0.25) is 9.59 Å². The number of carbonyl (C=O) groups is 2. The van der Waals surface area contributed by atoms with Crippen LogP contribution in [0.3, 0.4) is 0 Å². The molecule has 3 unspecified atom stereocenters. The molecular formula is C20H29Cl2N3O2. The molecule has 2 amide bonds. The van der Waals surface area contributed by atoms with Gasteiger partial charge in [0.15, 0.2) is 0 Å². The van der Waals surface area contributed by atoms with Gasteiger partial charge in [-0.2, -0.15) is 0 Å². The molecule has 5 nitrogen and oxygen atoms in total. The SMILES string of the molecule is CC(C(=O)N1CCCC(CNC(=O)C2CCCN2)C1)c1cccc(Cl)c1.Cl. The standard InChI is InChI=1S/C20H28ClN3O2.ClH/c1-14(16-6-2-7-17(21)11-16)20(26)24-10-4-5-15(13-24)12-23-19(25)18-8-3-9-22-18;/h2,6-7,11,14-15,18,22H,3-5,8-10,12-13H2,1H3,(H,23,25);1H. The Bertz CT molecular complexity index is 650. The lowest BCUT2D eigenvalue weighted by atomic mass is 9.94. The summed E-state index contributed by atoms with van der Waals surface area (Å²) in [6.07, 6.45) is 4.01. The summed E-state index contributed by atoms with van der Waals surface area (Å²) in [4.78, 5) is 27.0. The molecule has 150 valence electrons. The van der Waals surface area contributed by atoms with Crippen LogP contribution in [0.2, 0.25) is 5.02 Å². The van der Waals surface area contributed by atoms with E-state index in [1.54, 1.807) is 0 Å². The van der Waals surface area contributed by atoms with E-state index in [0.29, 0.717) is 24.0 Å². The fraction of sp³-hybridized carbons (Fsp3) is 0.600. The Morgan fingerprint density at radius 2 is 2.15 bits per heavy atom. The van der Waals surface area contributed by atoms with Crippen molar-refractivity contribution < 1.29 is 9.59 Å². The molecule has 0 aliphatic carbocycles. The second-order valence-electron chi connectivity index (χ2n) is 7.46. The van der Waals surface area contributed by atoms with Crippen molar-refractivity contribution >= 4 is 35.8 Å². The highest BCUT2D eigenvalue weighted by atomic mass is 35.5. The average Bonchev–Trinajstić information content (AvgIpc) is 3.20. The van der Waals surface area contributed by atoms with Crippen LogP contribution < -0.4 is 10.6 Å². The van der Waals surface area contributed by atoms with Crippen LogP contribution in [0.25, 0.3) is 0 Å². The van der Waals surface area contributed by atoms with Gasteiger partial charge in [0, 0.05) is 24.7 Å². The Balaban J connectivity index is 0.00000261. The molecule has 3 rings (SSSR count). The number of benzene rings is 1. The van der Waals surface area contributed by atoms with E-state index in [-0.39, 0.29) is 36.2 Å². The molecule has 2 N–H and O–H groups in total. The molecule has 0 radical (unpaired) electrons. The van der Waals surface area contributed by atoms with Crippen LogP contribution >= 0.6 is 24.0 Å². The molecule has 27 heavy (non-hydrogen) atoms. The number of halogens is 2. The smallest absolute Gasteiger partial charge is 0.237 e. The summed E-state index contributed by atoms with van der Waals surface area (Å²) >= 11 is 6.06. The van der Waals surface area contributed by atoms with E-state index in [0.717, 1.165) is 44.3 Å². The minimum atomic E-state index is -0.204. The number of piperidine rings is 1. The minimum absolute atomic E-state index is 0. The molecule has 7 heteroatoms. The minimum Gasteiger partial charge on any atom is -0.354 e. The van der Waals surface area contributed by atoms with E-state index in [1.165, 1.54) is 0 Å². The van der Waals surface area contributed by atoms with Crippen LogP contribution in [0.4, 0.5) is 0 Å². The molecular weight excluding hydrogens is 385 g/mol. The lowest BCUT2D eigenvalue weighted by Gasteiger charge is -2.34. The summed E-state index contributed by atoms with van der Waals surface area (Å²) in [7, 11) is 0. The van der Waals surface area contributed by atoms with E-state index in [1.807, 2.05) is 36.1 Å². The van der Waals surface area contributed by atoms with Crippen LogP contribution in [0.15, 0.2) is 24.3 Å². The number of amides is 2.